The zero-order chi connectivity index (χ0) is 8.32. The van der Waals surface area contributed by atoms with Crippen LogP contribution in [0.4, 0.5) is 0 Å². The Kier molecular flexibility index (Phi) is 3.16. The minimum Gasteiger partial charge on any atom is -0.211 e. The zero-order valence-corrected chi connectivity index (χ0v) is 7.86. The predicted octanol–water partition coefficient (Wildman–Crippen LogP) is 0.998. The minimum atomic E-state index is -3.12. The standard InChI is InChI=1S/C6H12ClNO2S/c7-6-11(9,10)8-4-2-1-3-5-8/h1-6H2. The summed E-state index contributed by atoms with van der Waals surface area (Å²) in [7, 11) is -3.12. The van der Waals surface area contributed by atoms with Gasteiger partial charge >= 0.3 is 0 Å². The average Bonchev–Trinajstić information content (AvgIpc) is 2.06. The Morgan fingerprint density at radius 2 is 1.73 bits per heavy atom. The van der Waals surface area contributed by atoms with E-state index in [9.17, 15) is 8.42 Å². The van der Waals surface area contributed by atoms with Gasteiger partial charge in [-0.1, -0.05) is 6.42 Å². The van der Waals surface area contributed by atoms with Gasteiger partial charge in [0.15, 0.2) is 0 Å². The van der Waals surface area contributed by atoms with E-state index in [1.165, 1.54) is 4.31 Å². The molecular weight excluding hydrogens is 186 g/mol. The molecule has 0 aliphatic carbocycles. The first kappa shape index (κ1) is 9.29. The molecule has 66 valence electrons. The number of halogens is 1. The van der Waals surface area contributed by atoms with Crippen LogP contribution in [0.15, 0.2) is 0 Å². The van der Waals surface area contributed by atoms with Crippen molar-refractivity contribution in [2.75, 3.05) is 18.3 Å². The van der Waals surface area contributed by atoms with Crippen molar-refractivity contribution in [1.82, 2.24) is 4.31 Å². The molecule has 1 saturated heterocycles. The van der Waals surface area contributed by atoms with Crippen LogP contribution in [0.2, 0.25) is 0 Å². The summed E-state index contributed by atoms with van der Waals surface area (Å²) in [5.41, 5.74) is 0. The number of nitrogens with zero attached hydrogens (tertiary/aromatic N) is 1. The van der Waals surface area contributed by atoms with Crippen molar-refractivity contribution in [2.24, 2.45) is 0 Å². The fraction of sp³-hybridized carbons (Fsp3) is 1.00. The van der Waals surface area contributed by atoms with Crippen molar-refractivity contribution < 1.29 is 8.42 Å². The first-order valence-corrected chi connectivity index (χ1v) is 5.85. The van der Waals surface area contributed by atoms with Crippen LogP contribution in [0, 0.1) is 0 Å². The van der Waals surface area contributed by atoms with E-state index in [0.717, 1.165) is 19.3 Å². The average molecular weight is 198 g/mol. The van der Waals surface area contributed by atoms with E-state index in [1.54, 1.807) is 0 Å². The molecule has 0 saturated carbocycles. The predicted molar refractivity (Wildman–Crippen MR) is 45.1 cm³/mol. The van der Waals surface area contributed by atoms with Gasteiger partial charge in [0.25, 0.3) is 0 Å². The second-order valence-corrected chi connectivity index (χ2v) is 5.23. The van der Waals surface area contributed by atoms with Gasteiger partial charge in [-0.3, -0.25) is 0 Å². The van der Waals surface area contributed by atoms with Gasteiger partial charge in [-0.25, -0.2) is 12.7 Å². The molecule has 1 aliphatic rings. The molecule has 0 aromatic heterocycles. The summed E-state index contributed by atoms with van der Waals surface area (Å²) in [6.07, 6.45) is 3.07. The summed E-state index contributed by atoms with van der Waals surface area (Å²) in [4.78, 5) is 0. The smallest absolute Gasteiger partial charge is 0.211 e. The highest BCUT2D eigenvalue weighted by molar-refractivity contribution is 7.90. The van der Waals surface area contributed by atoms with Gasteiger partial charge in [-0.15, -0.1) is 11.6 Å². The summed E-state index contributed by atoms with van der Waals surface area (Å²) < 4.78 is 23.8. The molecule has 0 unspecified atom stereocenters. The van der Waals surface area contributed by atoms with Gasteiger partial charge in [-0.05, 0) is 12.8 Å². The van der Waals surface area contributed by atoms with Gasteiger partial charge < -0.3 is 0 Å². The SMILES string of the molecule is O=S(=O)(CCl)N1CCCCC1. The lowest BCUT2D eigenvalue weighted by molar-refractivity contribution is 0.348. The lowest BCUT2D eigenvalue weighted by Gasteiger charge is -2.24. The molecule has 0 spiro atoms. The number of rotatable bonds is 2. The van der Waals surface area contributed by atoms with Gasteiger partial charge in [-0.2, -0.15) is 0 Å². The van der Waals surface area contributed by atoms with E-state index in [2.05, 4.69) is 0 Å². The highest BCUT2D eigenvalue weighted by atomic mass is 35.5. The van der Waals surface area contributed by atoms with Crippen molar-refractivity contribution in [1.29, 1.82) is 0 Å². The van der Waals surface area contributed by atoms with Gasteiger partial charge in [0.2, 0.25) is 10.0 Å². The number of sulfonamides is 1. The Balaban J connectivity index is 2.58. The molecule has 0 aromatic carbocycles. The fourth-order valence-corrected chi connectivity index (χ4v) is 2.58. The van der Waals surface area contributed by atoms with Gasteiger partial charge in [0.05, 0.1) is 0 Å². The third-order valence-corrected chi connectivity index (χ3v) is 4.10. The van der Waals surface area contributed by atoms with Crippen LogP contribution in [0.5, 0.6) is 0 Å². The third-order valence-electron chi connectivity index (χ3n) is 1.85. The molecule has 0 aromatic rings. The van der Waals surface area contributed by atoms with Gasteiger partial charge in [0, 0.05) is 13.1 Å². The Hall–Kier alpha value is 0.200. The Morgan fingerprint density at radius 1 is 1.18 bits per heavy atom. The maximum Gasteiger partial charge on any atom is 0.228 e. The van der Waals surface area contributed by atoms with Crippen LogP contribution < -0.4 is 0 Å². The van der Waals surface area contributed by atoms with E-state index < -0.39 is 10.0 Å². The summed E-state index contributed by atoms with van der Waals surface area (Å²) >= 11 is 5.30. The third kappa shape index (κ3) is 2.32. The van der Waals surface area contributed by atoms with E-state index in [0.29, 0.717) is 13.1 Å². The summed E-state index contributed by atoms with van der Waals surface area (Å²) in [5, 5.41) is -0.285. The van der Waals surface area contributed by atoms with E-state index in [-0.39, 0.29) is 5.21 Å². The van der Waals surface area contributed by atoms with Crippen molar-refractivity contribution in [3.8, 4) is 0 Å². The van der Waals surface area contributed by atoms with Crippen LogP contribution in [0.25, 0.3) is 0 Å². The molecule has 0 N–H and O–H groups in total. The lowest BCUT2D eigenvalue weighted by Crippen LogP contribution is -2.36. The molecule has 1 fully saturated rings. The topological polar surface area (TPSA) is 37.4 Å². The quantitative estimate of drug-likeness (QED) is 0.620. The molecule has 3 nitrogen and oxygen atoms in total. The van der Waals surface area contributed by atoms with Crippen LogP contribution in [0.1, 0.15) is 19.3 Å². The van der Waals surface area contributed by atoms with E-state index >= 15 is 0 Å². The molecule has 5 heteroatoms. The van der Waals surface area contributed by atoms with Crippen LogP contribution in [-0.2, 0) is 10.0 Å². The van der Waals surface area contributed by atoms with Crippen LogP contribution in [-0.4, -0.2) is 31.0 Å². The van der Waals surface area contributed by atoms with Crippen molar-refractivity contribution in [2.45, 2.75) is 19.3 Å². The zero-order valence-electron chi connectivity index (χ0n) is 6.29. The van der Waals surface area contributed by atoms with Crippen LogP contribution >= 0.6 is 11.6 Å². The molecule has 0 amide bonds. The van der Waals surface area contributed by atoms with Gasteiger partial charge in [0.1, 0.15) is 5.21 Å². The number of alkyl halides is 1. The Bertz CT molecular complexity index is 209. The second kappa shape index (κ2) is 3.74. The molecule has 1 rings (SSSR count). The minimum absolute atomic E-state index is 0.285. The molecule has 1 aliphatic heterocycles. The van der Waals surface area contributed by atoms with E-state index in [1.807, 2.05) is 0 Å². The van der Waals surface area contributed by atoms with Crippen molar-refractivity contribution in [3.05, 3.63) is 0 Å². The fourth-order valence-electron chi connectivity index (χ4n) is 1.21. The summed E-state index contributed by atoms with van der Waals surface area (Å²) in [6.45, 7) is 1.30. The molecule has 0 radical (unpaired) electrons. The molecule has 11 heavy (non-hydrogen) atoms. The Morgan fingerprint density at radius 3 is 2.18 bits per heavy atom. The number of hydrogen-bond acceptors (Lipinski definition) is 2. The Labute approximate surface area is 72.4 Å². The van der Waals surface area contributed by atoms with Crippen molar-refractivity contribution in [3.63, 3.8) is 0 Å². The summed E-state index contributed by atoms with van der Waals surface area (Å²) in [6, 6.07) is 0. The first-order chi connectivity index (χ1) is 5.17. The highest BCUT2D eigenvalue weighted by Gasteiger charge is 2.22. The second-order valence-electron chi connectivity index (χ2n) is 2.68. The van der Waals surface area contributed by atoms with Crippen molar-refractivity contribution >= 4 is 21.6 Å². The molecule has 1 heterocycles. The first-order valence-electron chi connectivity index (χ1n) is 3.70. The maximum atomic E-state index is 11.1. The molecule has 0 bridgehead atoms. The molecular formula is C6H12ClNO2S. The van der Waals surface area contributed by atoms with E-state index in [4.69, 9.17) is 11.6 Å². The molecule has 0 atom stereocenters. The normalized spacial score (nSPS) is 21.9. The largest absolute Gasteiger partial charge is 0.228 e. The number of piperidine rings is 1. The lowest BCUT2D eigenvalue weighted by atomic mass is 10.2. The summed E-state index contributed by atoms with van der Waals surface area (Å²) in [5.74, 6) is 0. The monoisotopic (exact) mass is 197 g/mol. The number of hydrogen-bond donors (Lipinski definition) is 0. The van der Waals surface area contributed by atoms with Crippen LogP contribution in [0.3, 0.4) is 0 Å². The highest BCUT2D eigenvalue weighted by Crippen LogP contribution is 2.13. The maximum absolute atomic E-state index is 11.1.